The Morgan fingerprint density at radius 2 is 1.10 bits per heavy atom. The lowest BCUT2D eigenvalue weighted by atomic mass is 9.67. The van der Waals surface area contributed by atoms with Gasteiger partial charge in [0.15, 0.2) is 15.9 Å². The number of hydrogen-bond acceptors (Lipinski definition) is 6. The average Bonchev–Trinajstić information content (AvgIpc) is 3.00. The zero-order chi connectivity index (χ0) is 29.3. The molecule has 6 nitrogen and oxygen atoms in total. The van der Waals surface area contributed by atoms with Gasteiger partial charge in [-0.15, -0.1) is 0 Å². The van der Waals surface area contributed by atoms with E-state index in [1.165, 1.54) is 0 Å². The monoisotopic (exact) mass is 618 g/mol. The summed E-state index contributed by atoms with van der Waals surface area (Å²) in [5, 5.41) is 45.7. The Morgan fingerprint density at radius 3 is 1.56 bits per heavy atom. The first-order valence-electron chi connectivity index (χ1n) is 13.5. The number of aliphatic hydroxyl groups is 4. The maximum atomic E-state index is 14.7. The van der Waals surface area contributed by atoms with E-state index in [2.05, 4.69) is 15.9 Å². The van der Waals surface area contributed by atoms with Crippen LogP contribution in [0.15, 0.2) is 121 Å². The fraction of sp³-hybridized carbons (Fsp3) is 0.265. The molecule has 41 heavy (non-hydrogen) atoms. The van der Waals surface area contributed by atoms with Crippen LogP contribution in [0, 0.1) is 0 Å². The Bertz CT molecular complexity index is 1370. The second-order valence-electron chi connectivity index (χ2n) is 10.2. The first-order valence-corrected chi connectivity index (χ1v) is 14.3. The zero-order valence-corrected chi connectivity index (χ0v) is 24.2. The number of benzene rings is 4. The molecule has 0 bridgehead atoms. The van der Waals surface area contributed by atoms with Crippen molar-refractivity contribution in [3.05, 3.63) is 144 Å². The number of carbonyl (C=O) groups excluding carboxylic acids is 1. The Hall–Kier alpha value is -3.17. The second-order valence-corrected chi connectivity index (χ2v) is 11.5. The summed E-state index contributed by atoms with van der Waals surface area (Å²) in [6, 6.07) is 36.3. The highest BCUT2D eigenvalue weighted by Crippen LogP contribution is 2.47. The number of carbonyl (C=O) groups is 1. The second kappa shape index (κ2) is 13.7. The number of ether oxygens (including phenoxy) is 1. The predicted octanol–water partition coefficient (Wildman–Crippen LogP) is 4.41. The molecule has 0 unspecified atom stereocenters. The van der Waals surface area contributed by atoms with Crippen molar-refractivity contribution in [2.75, 3.05) is 6.61 Å². The number of ketones is 1. The van der Waals surface area contributed by atoms with Gasteiger partial charge in [0.05, 0.1) is 13.2 Å². The molecule has 0 amide bonds. The Labute approximate surface area is 249 Å². The van der Waals surface area contributed by atoms with Crippen molar-refractivity contribution in [2.24, 2.45) is 0 Å². The van der Waals surface area contributed by atoms with Gasteiger partial charge in [0.1, 0.15) is 11.7 Å². The predicted molar refractivity (Wildman–Crippen MR) is 161 cm³/mol. The smallest absolute Gasteiger partial charge is 0.179 e. The minimum Gasteiger partial charge on any atom is -0.394 e. The van der Waals surface area contributed by atoms with Crippen LogP contribution < -0.4 is 0 Å². The third-order valence-electron chi connectivity index (χ3n) is 7.45. The van der Waals surface area contributed by atoms with Gasteiger partial charge in [-0.1, -0.05) is 121 Å². The third kappa shape index (κ3) is 6.84. The van der Waals surface area contributed by atoms with E-state index in [-0.39, 0.29) is 25.9 Å². The molecule has 0 aromatic heterocycles. The fourth-order valence-corrected chi connectivity index (χ4v) is 5.76. The SMILES string of the molecule is O=C(Cc1ccccc1)[C@@](Cc1ccccc1)(OCc1ccccc1)[C@](O)(Cc1ccccc1)[C@@](O)(Br)[C@H](O)CO. The largest absolute Gasteiger partial charge is 0.394 e. The van der Waals surface area contributed by atoms with Crippen LogP contribution in [0.3, 0.4) is 0 Å². The van der Waals surface area contributed by atoms with Crippen LogP contribution in [-0.2, 0) is 35.4 Å². The van der Waals surface area contributed by atoms with E-state index in [0.29, 0.717) is 16.7 Å². The molecular formula is C34H35BrO6. The summed E-state index contributed by atoms with van der Waals surface area (Å²) in [6.07, 6.45) is -2.38. The standard InChI is InChI=1S/C34H35BrO6/c35-34(40,31(38)24-36)33(39,23-28-17-9-3-10-18-28)32(22-27-15-7-2-8-16-27,41-25-29-19-11-4-12-20-29)30(37)21-26-13-5-1-6-14-26/h1-20,31,36,38-40H,21-25H2/t31-,32-,33-,34-/m1/s1. The van der Waals surface area contributed by atoms with Crippen molar-refractivity contribution in [3.63, 3.8) is 0 Å². The van der Waals surface area contributed by atoms with Gasteiger partial charge in [-0.3, -0.25) is 4.79 Å². The normalized spacial score (nSPS) is 16.6. The van der Waals surface area contributed by atoms with Crippen molar-refractivity contribution in [1.82, 2.24) is 0 Å². The number of rotatable bonds is 14. The molecule has 4 N–H and O–H groups in total. The molecule has 214 valence electrons. The van der Waals surface area contributed by atoms with Gasteiger partial charge in [-0.05, 0) is 38.2 Å². The highest BCUT2D eigenvalue weighted by Gasteiger charge is 2.67. The third-order valence-corrected chi connectivity index (χ3v) is 8.63. The van der Waals surface area contributed by atoms with Crippen LogP contribution in [0.25, 0.3) is 0 Å². The van der Waals surface area contributed by atoms with Gasteiger partial charge in [-0.2, -0.15) is 0 Å². The molecule has 0 aliphatic carbocycles. The lowest BCUT2D eigenvalue weighted by Gasteiger charge is -2.53. The lowest BCUT2D eigenvalue weighted by molar-refractivity contribution is -0.250. The molecule has 0 fully saturated rings. The van der Waals surface area contributed by atoms with Gasteiger partial charge in [0, 0.05) is 19.3 Å². The molecule has 0 aliphatic rings. The summed E-state index contributed by atoms with van der Waals surface area (Å²) in [4.78, 5) is 14.7. The Balaban J connectivity index is 1.97. The molecule has 0 aliphatic heterocycles. The summed E-state index contributed by atoms with van der Waals surface area (Å²) in [5.41, 5.74) is -1.88. The van der Waals surface area contributed by atoms with Gasteiger partial charge in [0.2, 0.25) is 0 Å². The first-order chi connectivity index (χ1) is 19.7. The van der Waals surface area contributed by atoms with Crippen molar-refractivity contribution in [1.29, 1.82) is 0 Å². The molecule has 0 saturated heterocycles. The highest BCUT2D eigenvalue weighted by molar-refractivity contribution is 9.10. The van der Waals surface area contributed by atoms with Crippen molar-refractivity contribution < 1.29 is 30.0 Å². The minimum atomic E-state index is -2.57. The minimum absolute atomic E-state index is 0.0659. The van der Waals surface area contributed by atoms with E-state index in [9.17, 15) is 25.2 Å². The van der Waals surface area contributed by atoms with Crippen LogP contribution in [0.1, 0.15) is 22.3 Å². The zero-order valence-electron chi connectivity index (χ0n) is 22.6. The topological polar surface area (TPSA) is 107 Å². The van der Waals surface area contributed by atoms with E-state index < -0.39 is 34.2 Å². The quantitative estimate of drug-likeness (QED) is 0.156. The summed E-state index contributed by atoms with van der Waals surface area (Å²) in [5.74, 6) is -0.495. The number of halogens is 1. The van der Waals surface area contributed by atoms with Crippen LogP contribution >= 0.6 is 15.9 Å². The summed E-state index contributed by atoms with van der Waals surface area (Å²) >= 11 is 3.18. The molecule has 4 aromatic carbocycles. The van der Waals surface area contributed by atoms with Gasteiger partial charge < -0.3 is 25.2 Å². The number of Topliss-reactive ketones (excluding diaryl/α,β-unsaturated/α-hetero) is 1. The van der Waals surface area contributed by atoms with Gasteiger partial charge in [0.25, 0.3) is 0 Å². The molecule has 4 rings (SSSR count). The highest BCUT2D eigenvalue weighted by atomic mass is 79.9. The van der Waals surface area contributed by atoms with Crippen LogP contribution in [-0.4, -0.2) is 54.6 Å². The first kappa shape index (κ1) is 30.8. The summed E-state index contributed by atoms with van der Waals surface area (Å²) in [7, 11) is 0. The summed E-state index contributed by atoms with van der Waals surface area (Å²) < 4.78 is 4.02. The number of alkyl halides is 1. The molecule has 7 heteroatoms. The van der Waals surface area contributed by atoms with Crippen LogP contribution in [0.5, 0.6) is 0 Å². The van der Waals surface area contributed by atoms with Crippen LogP contribution in [0.4, 0.5) is 0 Å². The maximum absolute atomic E-state index is 14.7. The lowest BCUT2D eigenvalue weighted by Crippen LogP contribution is -2.75. The van der Waals surface area contributed by atoms with E-state index in [0.717, 1.165) is 5.56 Å². The van der Waals surface area contributed by atoms with E-state index in [1.54, 1.807) is 24.3 Å². The van der Waals surface area contributed by atoms with Crippen molar-refractivity contribution in [2.45, 2.75) is 47.7 Å². The molecule has 4 atom stereocenters. The van der Waals surface area contributed by atoms with Crippen LogP contribution in [0.2, 0.25) is 0 Å². The fourth-order valence-electron chi connectivity index (χ4n) is 5.15. The molecule has 0 heterocycles. The van der Waals surface area contributed by atoms with Gasteiger partial charge in [-0.25, -0.2) is 0 Å². The molecule has 4 aromatic rings. The molecule has 0 radical (unpaired) electrons. The number of aliphatic hydroxyl groups excluding tert-OH is 2. The van der Waals surface area contributed by atoms with Crippen molar-refractivity contribution >= 4 is 21.7 Å². The van der Waals surface area contributed by atoms with Crippen molar-refractivity contribution in [3.8, 4) is 0 Å². The van der Waals surface area contributed by atoms with E-state index >= 15 is 0 Å². The van der Waals surface area contributed by atoms with E-state index in [1.807, 2.05) is 97.1 Å². The summed E-state index contributed by atoms with van der Waals surface area (Å²) in [6.45, 7) is -0.949. The molecular weight excluding hydrogens is 584 g/mol. The average molecular weight is 620 g/mol. The van der Waals surface area contributed by atoms with E-state index in [4.69, 9.17) is 4.74 Å². The van der Waals surface area contributed by atoms with Gasteiger partial charge >= 0.3 is 0 Å². The molecule has 0 spiro atoms. The Morgan fingerprint density at radius 1 is 0.683 bits per heavy atom. The maximum Gasteiger partial charge on any atom is 0.179 e. The molecule has 0 saturated carbocycles. The number of hydrogen-bond donors (Lipinski definition) is 4. The Kier molecular flexibility index (Phi) is 10.3.